The molecule has 3 aromatic rings. The zero-order chi connectivity index (χ0) is 22.9. The van der Waals surface area contributed by atoms with Gasteiger partial charge in [0.15, 0.2) is 0 Å². The average molecular weight is 447 g/mol. The second kappa shape index (κ2) is 8.82. The van der Waals surface area contributed by atoms with E-state index in [4.69, 9.17) is 4.74 Å². The molecule has 1 fully saturated rings. The second-order valence-electron chi connectivity index (χ2n) is 7.86. The Morgan fingerprint density at radius 1 is 1.19 bits per heavy atom. The number of pyridine rings is 1. The van der Waals surface area contributed by atoms with E-state index in [9.17, 15) is 18.0 Å². The highest BCUT2D eigenvalue weighted by atomic mass is 19.4. The summed E-state index contributed by atoms with van der Waals surface area (Å²) >= 11 is 0. The van der Waals surface area contributed by atoms with E-state index in [1.165, 1.54) is 24.3 Å². The van der Waals surface area contributed by atoms with Crippen molar-refractivity contribution in [3.05, 3.63) is 65.1 Å². The number of benzene rings is 1. The zero-order valence-electron chi connectivity index (χ0n) is 17.9. The molecule has 0 N–H and O–H groups in total. The van der Waals surface area contributed by atoms with Crippen molar-refractivity contribution < 1.29 is 27.4 Å². The van der Waals surface area contributed by atoms with Crippen molar-refractivity contribution in [2.24, 2.45) is 0 Å². The fourth-order valence-corrected chi connectivity index (χ4v) is 3.87. The minimum atomic E-state index is -4.71. The molecule has 32 heavy (non-hydrogen) atoms. The molecule has 1 atom stereocenters. The summed E-state index contributed by atoms with van der Waals surface area (Å²) in [5, 5.41) is 0. The molecular weight excluding hydrogens is 423 g/mol. The third-order valence-electron chi connectivity index (χ3n) is 5.45. The van der Waals surface area contributed by atoms with Gasteiger partial charge >= 0.3 is 6.36 Å². The largest absolute Gasteiger partial charge is 0.573 e. The summed E-state index contributed by atoms with van der Waals surface area (Å²) in [5.41, 5.74) is 3.88. The molecule has 4 rings (SSSR count). The summed E-state index contributed by atoms with van der Waals surface area (Å²) in [6.45, 7) is 5.22. The van der Waals surface area contributed by atoms with E-state index in [1.54, 1.807) is 4.90 Å². The number of nitrogens with zero attached hydrogens (tertiary/aromatic N) is 3. The first-order valence-corrected chi connectivity index (χ1v) is 10.5. The van der Waals surface area contributed by atoms with Crippen LogP contribution < -0.4 is 4.74 Å². The number of amides is 1. The Morgan fingerprint density at radius 2 is 1.94 bits per heavy atom. The number of ether oxygens (including phenoxy) is 2. The van der Waals surface area contributed by atoms with Crippen molar-refractivity contribution in [3.8, 4) is 5.75 Å². The van der Waals surface area contributed by atoms with Crippen LogP contribution in [0.5, 0.6) is 5.75 Å². The first-order chi connectivity index (χ1) is 15.2. The number of alkyl halides is 3. The molecule has 0 bridgehead atoms. The van der Waals surface area contributed by atoms with Crippen molar-refractivity contribution in [2.45, 2.75) is 45.8 Å². The van der Waals surface area contributed by atoms with E-state index in [0.29, 0.717) is 31.6 Å². The van der Waals surface area contributed by atoms with Gasteiger partial charge in [0.05, 0.1) is 18.4 Å². The van der Waals surface area contributed by atoms with Crippen LogP contribution in [-0.4, -0.2) is 45.7 Å². The van der Waals surface area contributed by atoms with Crippen molar-refractivity contribution in [3.63, 3.8) is 0 Å². The lowest BCUT2D eigenvalue weighted by atomic mass is 10.2. The normalized spacial score (nSPS) is 16.7. The van der Waals surface area contributed by atoms with Crippen LogP contribution in [0, 0.1) is 6.92 Å². The second-order valence-corrected chi connectivity index (χ2v) is 7.86. The van der Waals surface area contributed by atoms with Crippen LogP contribution in [0.25, 0.3) is 5.65 Å². The molecule has 1 aliphatic heterocycles. The highest BCUT2D eigenvalue weighted by molar-refractivity contribution is 5.95. The van der Waals surface area contributed by atoms with Crippen LogP contribution >= 0.6 is 0 Å². The molecule has 170 valence electrons. The predicted octanol–water partition coefficient (Wildman–Crippen LogP) is 4.54. The van der Waals surface area contributed by atoms with Gasteiger partial charge in [-0.05, 0) is 49.1 Å². The van der Waals surface area contributed by atoms with Crippen LogP contribution in [0.3, 0.4) is 0 Å². The van der Waals surface area contributed by atoms with Gasteiger partial charge in [-0.1, -0.05) is 25.1 Å². The quantitative estimate of drug-likeness (QED) is 0.557. The number of hydrogen-bond donors (Lipinski definition) is 0. The Kier molecular flexibility index (Phi) is 6.10. The first-order valence-electron chi connectivity index (χ1n) is 10.5. The summed E-state index contributed by atoms with van der Waals surface area (Å²) in [4.78, 5) is 19.7. The van der Waals surface area contributed by atoms with Crippen molar-refractivity contribution >= 4 is 11.6 Å². The smallest absolute Gasteiger partial charge is 0.406 e. The Hall–Kier alpha value is -3.07. The van der Waals surface area contributed by atoms with Crippen molar-refractivity contribution in [1.82, 2.24) is 14.3 Å². The molecule has 0 spiro atoms. The van der Waals surface area contributed by atoms with Gasteiger partial charge in [0.2, 0.25) is 0 Å². The van der Waals surface area contributed by atoms with Crippen LogP contribution in [0.15, 0.2) is 42.6 Å². The number of imidazole rings is 1. The molecule has 0 unspecified atom stereocenters. The van der Waals surface area contributed by atoms with E-state index in [-0.39, 0.29) is 24.4 Å². The van der Waals surface area contributed by atoms with Crippen LogP contribution in [0.4, 0.5) is 13.2 Å². The summed E-state index contributed by atoms with van der Waals surface area (Å²) in [7, 11) is 0. The number of aromatic nitrogens is 2. The number of carbonyl (C=O) groups is 1. The molecular formula is C23H24F3N3O3. The Balaban J connectivity index is 1.38. The van der Waals surface area contributed by atoms with Gasteiger partial charge in [-0.15, -0.1) is 13.2 Å². The van der Waals surface area contributed by atoms with Crippen molar-refractivity contribution in [1.29, 1.82) is 0 Å². The molecule has 1 aromatic carbocycles. The van der Waals surface area contributed by atoms with Gasteiger partial charge in [0.1, 0.15) is 17.1 Å². The molecule has 1 saturated heterocycles. The number of hydrogen-bond acceptors (Lipinski definition) is 4. The zero-order valence-corrected chi connectivity index (χ0v) is 17.9. The van der Waals surface area contributed by atoms with Crippen LogP contribution in [-0.2, 0) is 17.8 Å². The molecule has 9 heteroatoms. The van der Waals surface area contributed by atoms with Gasteiger partial charge in [0.25, 0.3) is 5.91 Å². The van der Waals surface area contributed by atoms with Gasteiger partial charge in [-0.2, -0.15) is 0 Å². The lowest BCUT2D eigenvalue weighted by molar-refractivity contribution is -0.274. The van der Waals surface area contributed by atoms with Gasteiger partial charge in [0, 0.05) is 19.3 Å². The predicted molar refractivity (Wildman–Crippen MR) is 112 cm³/mol. The lowest BCUT2D eigenvalue weighted by Crippen LogP contribution is -2.31. The number of halogens is 3. The van der Waals surface area contributed by atoms with Crippen LogP contribution in [0.1, 0.15) is 40.7 Å². The fourth-order valence-electron chi connectivity index (χ4n) is 3.87. The Morgan fingerprint density at radius 3 is 2.62 bits per heavy atom. The standard InChI is InChI=1S/C23H24F3N3O3/c1-3-19-21(29-12-15(2)4-9-20(29)27-19)22(30)28-11-10-18(13-28)31-14-16-5-7-17(8-6-16)32-23(24,25)26/h4-9,12,18H,3,10-11,13-14H2,1-2H3/t18-/m0/s1. The van der Waals surface area contributed by atoms with Gasteiger partial charge in [-0.25, -0.2) is 4.98 Å². The van der Waals surface area contributed by atoms with E-state index >= 15 is 0 Å². The Labute approximate surface area is 183 Å². The molecule has 0 radical (unpaired) electrons. The number of fused-ring (bicyclic) bond motifs is 1. The first kappa shape index (κ1) is 22.1. The third-order valence-corrected chi connectivity index (χ3v) is 5.45. The Bertz CT molecular complexity index is 1110. The van der Waals surface area contributed by atoms with E-state index in [2.05, 4.69) is 9.72 Å². The highest BCUT2D eigenvalue weighted by Gasteiger charge is 2.32. The molecule has 0 aliphatic carbocycles. The summed E-state index contributed by atoms with van der Waals surface area (Å²) < 4.78 is 48.4. The van der Waals surface area contributed by atoms with E-state index < -0.39 is 6.36 Å². The number of likely N-dealkylation sites (tertiary alicyclic amines) is 1. The number of aryl methyl sites for hydroxylation is 2. The van der Waals surface area contributed by atoms with E-state index in [0.717, 1.165) is 22.5 Å². The SMILES string of the molecule is CCc1nc2ccc(C)cn2c1C(=O)N1CC[C@H](OCc2ccc(OC(F)(F)F)cc2)C1. The molecule has 2 aromatic heterocycles. The van der Waals surface area contributed by atoms with E-state index in [1.807, 2.05) is 36.6 Å². The third kappa shape index (κ3) is 4.88. The summed E-state index contributed by atoms with van der Waals surface area (Å²) in [6.07, 6.45) is -1.59. The summed E-state index contributed by atoms with van der Waals surface area (Å²) in [6, 6.07) is 9.47. The fraction of sp³-hybridized carbons (Fsp3) is 0.391. The maximum absolute atomic E-state index is 13.3. The maximum atomic E-state index is 13.3. The van der Waals surface area contributed by atoms with Gasteiger partial charge in [-0.3, -0.25) is 9.20 Å². The highest BCUT2D eigenvalue weighted by Crippen LogP contribution is 2.24. The number of rotatable bonds is 6. The van der Waals surface area contributed by atoms with Crippen LogP contribution in [0.2, 0.25) is 0 Å². The topological polar surface area (TPSA) is 56.1 Å². The minimum absolute atomic E-state index is 0.0697. The average Bonchev–Trinajstić information content (AvgIpc) is 3.36. The monoisotopic (exact) mass is 447 g/mol. The molecule has 1 amide bonds. The molecule has 3 heterocycles. The van der Waals surface area contributed by atoms with Crippen molar-refractivity contribution in [2.75, 3.05) is 13.1 Å². The van der Waals surface area contributed by atoms with Gasteiger partial charge < -0.3 is 14.4 Å². The minimum Gasteiger partial charge on any atom is -0.406 e. The lowest BCUT2D eigenvalue weighted by Gasteiger charge is -2.17. The molecule has 0 saturated carbocycles. The summed E-state index contributed by atoms with van der Waals surface area (Å²) in [5.74, 6) is -0.339. The molecule has 6 nitrogen and oxygen atoms in total. The maximum Gasteiger partial charge on any atom is 0.573 e. The number of carbonyl (C=O) groups excluding carboxylic acids is 1. The molecule has 1 aliphatic rings.